The van der Waals surface area contributed by atoms with Crippen molar-refractivity contribution in [2.24, 2.45) is 11.8 Å². The molecule has 0 spiro atoms. The summed E-state index contributed by atoms with van der Waals surface area (Å²) in [5, 5.41) is 11.6. The molecule has 2 aromatic carbocycles. The maximum absolute atomic E-state index is 14.3. The minimum Gasteiger partial charge on any atom is -0.481 e. The van der Waals surface area contributed by atoms with Gasteiger partial charge in [0, 0.05) is 5.02 Å². The summed E-state index contributed by atoms with van der Waals surface area (Å²) in [7, 11) is 0. The van der Waals surface area contributed by atoms with Gasteiger partial charge in [-0.2, -0.15) is 13.2 Å². The first kappa shape index (κ1) is 22.1. The Morgan fingerprint density at radius 3 is 2.33 bits per heavy atom. The lowest BCUT2D eigenvalue weighted by molar-refractivity contribution is -0.178. The van der Waals surface area contributed by atoms with E-state index in [0.29, 0.717) is 17.0 Å². The Morgan fingerprint density at radius 1 is 1.17 bits per heavy atom. The minimum absolute atomic E-state index is 0.0893. The zero-order valence-electron chi connectivity index (χ0n) is 15.7. The highest BCUT2D eigenvalue weighted by molar-refractivity contribution is 6.30. The Morgan fingerprint density at radius 2 is 1.80 bits per heavy atom. The van der Waals surface area contributed by atoms with Gasteiger partial charge >= 0.3 is 12.1 Å². The lowest BCUT2D eigenvalue weighted by Crippen LogP contribution is -2.34. The second-order valence-corrected chi connectivity index (χ2v) is 7.81. The van der Waals surface area contributed by atoms with E-state index < -0.39 is 41.6 Å². The molecule has 0 radical (unpaired) electrons. The summed E-state index contributed by atoms with van der Waals surface area (Å²) in [6, 6.07) is 9.14. The molecule has 30 heavy (non-hydrogen) atoms. The van der Waals surface area contributed by atoms with Crippen molar-refractivity contribution in [3.8, 4) is 0 Å². The standard InChI is InChI=1S/C21H18ClF4NO3/c1-10(21(24,25)26)18(11-2-5-13(22)6-3-11)19(28)27-17-8-12(4-7-16(17)23)14-9-15(14)20(29)30/h2-8,10,14-15,18H,9H2,1H3,(H,27,28)(H,29,30). The molecule has 2 N–H and O–H groups in total. The van der Waals surface area contributed by atoms with Gasteiger partial charge in [-0.25, -0.2) is 4.39 Å². The molecule has 0 heterocycles. The number of carboxylic acid groups (broad SMARTS) is 1. The summed E-state index contributed by atoms with van der Waals surface area (Å²) in [6.07, 6.45) is -4.28. The molecular weight excluding hydrogens is 426 g/mol. The molecule has 1 amide bonds. The zero-order valence-corrected chi connectivity index (χ0v) is 16.5. The first-order valence-electron chi connectivity index (χ1n) is 9.14. The number of benzene rings is 2. The van der Waals surface area contributed by atoms with Crippen LogP contribution < -0.4 is 5.32 Å². The molecule has 0 saturated heterocycles. The van der Waals surface area contributed by atoms with Crippen LogP contribution in [0.3, 0.4) is 0 Å². The van der Waals surface area contributed by atoms with Gasteiger partial charge in [0.1, 0.15) is 5.82 Å². The third kappa shape index (κ3) is 4.75. The second-order valence-electron chi connectivity index (χ2n) is 7.37. The smallest absolute Gasteiger partial charge is 0.392 e. The lowest BCUT2D eigenvalue weighted by atomic mass is 9.86. The van der Waals surface area contributed by atoms with Gasteiger partial charge in [0.15, 0.2) is 0 Å². The minimum atomic E-state index is -4.66. The molecule has 0 aliphatic heterocycles. The number of hydrogen-bond donors (Lipinski definition) is 2. The van der Waals surface area contributed by atoms with Crippen LogP contribution in [0.15, 0.2) is 42.5 Å². The molecular formula is C21H18ClF4NO3. The highest BCUT2D eigenvalue weighted by atomic mass is 35.5. The predicted molar refractivity (Wildman–Crippen MR) is 103 cm³/mol. The molecule has 9 heteroatoms. The van der Waals surface area contributed by atoms with E-state index in [1.54, 1.807) is 0 Å². The number of carboxylic acids is 1. The van der Waals surface area contributed by atoms with Crippen LogP contribution >= 0.6 is 11.6 Å². The molecule has 1 fully saturated rings. The fraction of sp³-hybridized carbons (Fsp3) is 0.333. The van der Waals surface area contributed by atoms with Crippen LogP contribution in [0.2, 0.25) is 5.02 Å². The number of aliphatic carboxylic acids is 1. The van der Waals surface area contributed by atoms with Gasteiger partial charge in [-0.3, -0.25) is 9.59 Å². The number of carbonyl (C=O) groups is 2. The number of halogens is 5. The Kier molecular flexibility index (Phi) is 6.08. The van der Waals surface area contributed by atoms with Gasteiger partial charge in [0.05, 0.1) is 23.4 Å². The first-order valence-corrected chi connectivity index (χ1v) is 9.52. The monoisotopic (exact) mass is 443 g/mol. The quantitative estimate of drug-likeness (QED) is 0.572. The maximum Gasteiger partial charge on any atom is 0.392 e. The third-order valence-electron chi connectivity index (χ3n) is 5.31. The molecule has 4 atom stereocenters. The van der Waals surface area contributed by atoms with Gasteiger partial charge in [-0.15, -0.1) is 0 Å². The predicted octanol–water partition coefficient (Wildman–Crippen LogP) is 5.59. The lowest BCUT2D eigenvalue weighted by Gasteiger charge is -2.26. The van der Waals surface area contributed by atoms with Crippen LogP contribution in [0.4, 0.5) is 23.2 Å². The molecule has 1 saturated carbocycles. The van der Waals surface area contributed by atoms with E-state index in [1.807, 2.05) is 0 Å². The Labute approximate surface area is 174 Å². The molecule has 4 unspecified atom stereocenters. The number of amides is 1. The summed E-state index contributed by atoms with van der Waals surface area (Å²) in [4.78, 5) is 23.9. The summed E-state index contributed by atoms with van der Waals surface area (Å²) >= 11 is 5.79. The SMILES string of the molecule is CC(C(C(=O)Nc1cc(C2CC2C(=O)O)ccc1F)c1ccc(Cl)cc1)C(F)(F)F. The average molecular weight is 444 g/mol. The van der Waals surface area contributed by atoms with Crippen molar-refractivity contribution in [2.45, 2.75) is 31.4 Å². The van der Waals surface area contributed by atoms with Gasteiger partial charge < -0.3 is 10.4 Å². The Balaban J connectivity index is 1.89. The van der Waals surface area contributed by atoms with E-state index in [9.17, 15) is 27.2 Å². The van der Waals surface area contributed by atoms with Crippen molar-refractivity contribution in [3.63, 3.8) is 0 Å². The summed E-state index contributed by atoms with van der Waals surface area (Å²) in [5.41, 5.74) is 0.305. The van der Waals surface area contributed by atoms with Crippen LogP contribution in [-0.2, 0) is 9.59 Å². The molecule has 3 rings (SSSR count). The van der Waals surface area contributed by atoms with E-state index in [-0.39, 0.29) is 17.2 Å². The molecule has 0 aromatic heterocycles. The molecule has 1 aliphatic carbocycles. The largest absolute Gasteiger partial charge is 0.481 e. The number of carbonyl (C=O) groups excluding carboxylic acids is 1. The number of alkyl halides is 3. The Bertz CT molecular complexity index is 962. The first-order chi connectivity index (χ1) is 14.0. The van der Waals surface area contributed by atoms with E-state index in [1.165, 1.54) is 36.4 Å². The maximum atomic E-state index is 14.3. The summed E-state index contributed by atoms with van der Waals surface area (Å²) in [6.45, 7) is 0.882. The van der Waals surface area contributed by atoms with E-state index in [2.05, 4.69) is 5.32 Å². The number of rotatable bonds is 6. The van der Waals surface area contributed by atoms with Crippen LogP contribution in [-0.4, -0.2) is 23.2 Å². The summed E-state index contributed by atoms with van der Waals surface area (Å²) < 4.78 is 54.5. The fourth-order valence-electron chi connectivity index (χ4n) is 3.44. The van der Waals surface area contributed by atoms with Crippen LogP contribution in [0.5, 0.6) is 0 Å². The summed E-state index contributed by atoms with van der Waals surface area (Å²) in [5.74, 6) is -7.40. The van der Waals surface area contributed by atoms with E-state index in [0.717, 1.165) is 13.0 Å². The second kappa shape index (κ2) is 8.26. The van der Waals surface area contributed by atoms with Gasteiger partial charge in [0.25, 0.3) is 0 Å². The van der Waals surface area contributed by atoms with Crippen molar-refractivity contribution in [3.05, 3.63) is 64.4 Å². The highest BCUT2D eigenvalue weighted by Crippen LogP contribution is 2.48. The highest BCUT2D eigenvalue weighted by Gasteiger charge is 2.46. The molecule has 160 valence electrons. The Hall–Kier alpha value is -2.61. The van der Waals surface area contributed by atoms with Crippen LogP contribution in [0.25, 0.3) is 0 Å². The topological polar surface area (TPSA) is 66.4 Å². The normalized spacial score (nSPS) is 20.3. The number of hydrogen-bond acceptors (Lipinski definition) is 2. The van der Waals surface area contributed by atoms with Crippen molar-refractivity contribution < 1.29 is 32.3 Å². The molecule has 1 aliphatic rings. The van der Waals surface area contributed by atoms with Gasteiger partial charge in [0.2, 0.25) is 5.91 Å². The fourth-order valence-corrected chi connectivity index (χ4v) is 3.57. The molecule has 2 aromatic rings. The van der Waals surface area contributed by atoms with Gasteiger partial charge in [-0.1, -0.05) is 36.7 Å². The average Bonchev–Trinajstić information content (AvgIpc) is 3.45. The van der Waals surface area contributed by atoms with E-state index >= 15 is 0 Å². The van der Waals surface area contributed by atoms with Crippen molar-refractivity contribution >= 4 is 29.2 Å². The van der Waals surface area contributed by atoms with Gasteiger partial charge in [-0.05, 0) is 47.7 Å². The molecule has 4 nitrogen and oxygen atoms in total. The van der Waals surface area contributed by atoms with E-state index in [4.69, 9.17) is 16.7 Å². The number of anilines is 1. The van der Waals surface area contributed by atoms with Crippen LogP contribution in [0.1, 0.15) is 36.3 Å². The van der Waals surface area contributed by atoms with Crippen molar-refractivity contribution in [1.29, 1.82) is 0 Å². The molecule has 0 bridgehead atoms. The zero-order chi connectivity index (χ0) is 22.2. The third-order valence-corrected chi connectivity index (χ3v) is 5.56. The van der Waals surface area contributed by atoms with Crippen molar-refractivity contribution in [1.82, 2.24) is 0 Å². The number of nitrogens with one attached hydrogen (secondary N) is 1. The van der Waals surface area contributed by atoms with Crippen LogP contribution in [0, 0.1) is 17.7 Å². The van der Waals surface area contributed by atoms with Crippen molar-refractivity contribution in [2.75, 3.05) is 5.32 Å².